The van der Waals surface area contributed by atoms with Crippen LogP contribution in [-0.4, -0.2) is 36.3 Å². The summed E-state index contributed by atoms with van der Waals surface area (Å²) in [7, 11) is 0. The number of nitrogens with two attached hydrogens (primary N) is 1. The van der Waals surface area contributed by atoms with Crippen molar-refractivity contribution < 1.29 is 9.59 Å². The molecule has 2 aromatic rings. The molecule has 1 fully saturated rings. The molecule has 0 saturated carbocycles. The molecule has 2 aromatic carbocycles. The predicted molar refractivity (Wildman–Crippen MR) is 106 cm³/mol. The fourth-order valence-electron chi connectivity index (χ4n) is 3.88. The van der Waals surface area contributed by atoms with Gasteiger partial charge in [-0.25, -0.2) is 0 Å². The van der Waals surface area contributed by atoms with Gasteiger partial charge in [0.15, 0.2) is 0 Å². The van der Waals surface area contributed by atoms with E-state index in [1.807, 2.05) is 53.4 Å². The number of carbonyl (C=O) groups is 2. The fraction of sp³-hybridized carbons (Fsp3) is 0.364. The van der Waals surface area contributed by atoms with Crippen LogP contribution in [0.25, 0.3) is 0 Å². The first-order valence-corrected chi connectivity index (χ1v) is 9.43. The highest BCUT2D eigenvalue weighted by atomic mass is 16.2. The van der Waals surface area contributed by atoms with E-state index in [1.165, 1.54) is 12.5 Å². The summed E-state index contributed by atoms with van der Waals surface area (Å²) in [5.74, 6) is 0.429. The first kappa shape index (κ1) is 19.1. The zero-order valence-corrected chi connectivity index (χ0v) is 15.7. The minimum atomic E-state index is -0.316. The highest BCUT2D eigenvalue weighted by Gasteiger charge is 2.35. The number of nitrogens with one attached hydrogen (secondary N) is 1. The summed E-state index contributed by atoms with van der Waals surface area (Å²) in [4.78, 5) is 26.5. The lowest BCUT2D eigenvalue weighted by Gasteiger charge is -2.22. The van der Waals surface area contributed by atoms with Crippen molar-refractivity contribution in [2.45, 2.75) is 25.3 Å². The van der Waals surface area contributed by atoms with Crippen LogP contribution in [0, 0.1) is 5.92 Å². The lowest BCUT2D eigenvalue weighted by Crippen LogP contribution is -2.35. The molecule has 5 nitrogen and oxygen atoms in total. The first-order valence-electron chi connectivity index (χ1n) is 9.43. The molecule has 2 amide bonds. The van der Waals surface area contributed by atoms with Gasteiger partial charge in [0, 0.05) is 25.9 Å². The summed E-state index contributed by atoms with van der Waals surface area (Å²) in [6.07, 6.45) is 0.252. The summed E-state index contributed by atoms with van der Waals surface area (Å²) in [5.41, 5.74) is 8.15. The fourth-order valence-corrected chi connectivity index (χ4v) is 3.88. The molecule has 1 aliphatic heterocycles. The smallest absolute Gasteiger partial charge is 0.225 e. The van der Waals surface area contributed by atoms with Crippen LogP contribution < -0.4 is 11.1 Å². The molecule has 1 unspecified atom stereocenters. The Morgan fingerprint density at radius 2 is 1.70 bits per heavy atom. The average molecular weight is 365 g/mol. The molecule has 0 aliphatic carbocycles. The Balaban J connectivity index is 1.72. The van der Waals surface area contributed by atoms with Crippen molar-refractivity contribution in [1.82, 2.24) is 10.2 Å². The molecule has 1 aliphatic rings. The summed E-state index contributed by atoms with van der Waals surface area (Å²) < 4.78 is 0. The highest BCUT2D eigenvalue weighted by molar-refractivity contribution is 5.79. The van der Waals surface area contributed by atoms with Crippen molar-refractivity contribution in [3.8, 4) is 0 Å². The Morgan fingerprint density at radius 3 is 2.30 bits per heavy atom. The van der Waals surface area contributed by atoms with Crippen molar-refractivity contribution in [2.75, 3.05) is 19.6 Å². The van der Waals surface area contributed by atoms with E-state index in [9.17, 15) is 9.59 Å². The van der Waals surface area contributed by atoms with Gasteiger partial charge in [0.05, 0.1) is 12.5 Å². The molecular formula is C22H27N3O2. The highest BCUT2D eigenvalue weighted by Crippen LogP contribution is 2.33. The molecule has 1 saturated heterocycles. The molecule has 5 heteroatoms. The number of benzene rings is 2. The molecular weight excluding hydrogens is 338 g/mol. The number of hydrogen-bond donors (Lipinski definition) is 2. The normalized spacial score (nSPS) is 20.3. The molecule has 27 heavy (non-hydrogen) atoms. The van der Waals surface area contributed by atoms with Gasteiger partial charge in [-0.3, -0.25) is 9.59 Å². The summed E-state index contributed by atoms with van der Waals surface area (Å²) >= 11 is 0. The van der Waals surface area contributed by atoms with Crippen LogP contribution in [0.4, 0.5) is 0 Å². The maximum Gasteiger partial charge on any atom is 0.225 e. The Kier molecular flexibility index (Phi) is 6.24. The van der Waals surface area contributed by atoms with Crippen LogP contribution in [-0.2, 0) is 9.59 Å². The van der Waals surface area contributed by atoms with Crippen molar-refractivity contribution in [3.63, 3.8) is 0 Å². The van der Waals surface area contributed by atoms with Crippen molar-refractivity contribution in [3.05, 3.63) is 71.8 Å². The number of nitrogens with zero attached hydrogens (tertiary/aromatic N) is 1. The van der Waals surface area contributed by atoms with Crippen LogP contribution in [0.1, 0.15) is 36.4 Å². The number of rotatable bonds is 6. The third-order valence-corrected chi connectivity index (χ3v) is 5.28. The van der Waals surface area contributed by atoms with Crippen LogP contribution in [0.15, 0.2) is 60.7 Å². The maximum atomic E-state index is 13.0. The third kappa shape index (κ3) is 4.74. The van der Waals surface area contributed by atoms with Crippen LogP contribution in [0.2, 0.25) is 0 Å². The topological polar surface area (TPSA) is 75.4 Å². The van der Waals surface area contributed by atoms with Gasteiger partial charge in [-0.05, 0) is 23.6 Å². The van der Waals surface area contributed by atoms with Crippen LogP contribution in [0.3, 0.4) is 0 Å². The number of amides is 2. The molecule has 142 valence electrons. The first-order chi connectivity index (χ1) is 13.1. The zero-order valence-electron chi connectivity index (χ0n) is 15.7. The van der Waals surface area contributed by atoms with E-state index in [-0.39, 0.29) is 36.1 Å². The van der Waals surface area contributed by atoms with E-state index in [0.29, 0.717) is 19.6 Å². The largest absolute Gasteiger partial charge is 0.349 e. The minimum absolute atomic E-state index is 0.0504. The Hall–Kier alpha value is -2.66. The summed E-state index contributed by atoms with van der Waals surface area (Å²) in [5, 5.41) is 2.91. The summed E-state index contributed by atoms with van der Waals surface area (Å²) in [6, 6.07) is 19.6. The van der Waals surface area contributed by atoms with E-state index in [1.54, 1.807) is 0 Å². The quantitative estimate of drug-likeness (QED) is 0.826. The molecule has 0 bridgehead atoms. The maximum absolute atomic E-state index is 13.0. The second-order valence-electron chi connectivity index (χ2n) is 7.18. The molecule has 3 atom stereocenters. The standard InChI is InChI=1S/C22H27N3O2/c1-16(26)24-21(18-10-6-3-7-11-18)12-22(27)25-14-19(13-23)20(15-25)17-8-4-2-5-9-17/h2-11,19-21H,12-15,23H2,1H3,(H,24,26)/t19-,20+,21?/m1/s1. The number of hydrogen-bond acceptors (Lipinski definition) is 3. The number of likely N-dealkylation sites (tertiary alicyclic amines) is 1. The Bertz CT molecular complexity index is 764. The van der Waals surface area contributed by atoms with Gasteiger partial charge in [0.1, 0.15) is 0 Å². The predicted octanol–water partition coefficient (Wildman–Crippen LogP) is 2.45. The zero-order chi connectivity index (χ0) is 19.2. The van der Waals surface area contributed by atoms with Crippen molar-refractivity contribution in [1.29, 1.82) is 0 Å². The van der Waals surface area contributed by atoms with E-state index >= 15 is 0 Å². The molecule has 3 N–H and O–H groups in total. The van der Waals surface area contributed by atoms with Crippen molar-refractivity contribution in [2.24, 2.45) is 11.7 Å². The van der Waals surface area contributed by atoms with E-state index in [2.05, 4.69) is 17.4 Å². The lowest BCUT2D eigenvalue weighted by molar-refractivity contribution is -0.131. The van der Waals surface area contributed by atoms with E-state index in [0.717, 1.165) is 5.56 Å². The van der Waals surface area contributed by atoms with Gasteiger partial charge in [0.2, 0.25) is 11.8 Å². The molecule has 1 heterocycles. The van der Waals surface area contributed by atoms with Crippen LogP contribution >= 0.6 is 0 Å². The molecule has 0 aromatic heterocycles. The monoisotopic (exact) mass is 365 g/mol. The van der Waals surface area contributed by atoms with Gasteiger partial charge in [-0.1, -0.05) is 60.7 Å². The SMILES string of the molecule is CC(=O)NC(CC(=O)N1C[C@@H](CN)[C@H](c2ccccc2)C1)c1ccccc1. The van der Waals surface area contributed by atoms with E-state index < -0.39 is 0 Å². The molecule has 0 spiro atoms. The second kappa shape index (κ2) is 8.82. The minimum Gasteiger partial charge on any atom is -0.349 e. The second-order valence-corrected chi connectivity index (χ2v) is 7.18. The van der Waals surface area contributed by atoms with Crippen molar-refractivity contribution >= 4 is 11.8 Å². The van der Waals surface area contributed by atoms with Gasteiger partial charge in [0.25, 0.3) is 0 Å². The van der Waals surface area contributed by atoms with Gasteiger partial charge >= 0.3 is 0 Å². The third-order valence-electron chi connectivity index (χ3n) is 5.28. The van der Waals surface area contributed by atoms with Gasteiger partial charge in [-0.2, -0.15) is 0 Å². The Labute approximate surface area is 160 Å². The summed E-state index contributed by atoms with van der Waals surface area (Å²) in [6.45, 7) is 3.37. The molecule has 0 radical (unpaired) electrons. The van der Waals surface area contributed by atoms with Gasteiger partial charge in [-0.15, -0.1) is 0 Å². The van der Waals surface area contributed by atoms with Gasteiger partial charge < -0.3 is 16.0 Å². The Morgan fingerprint density at radius 1 is 1.07 bits per heavy atom. The number of carbonyl (C=O) groups excluding carboxylic acids is 2. The average Bonchev–Trinajstić information content (AvgIpc) is 3.13. The van der Waals surface area contributed by atoms with E-state index in [4.69, 9.17) is 5.73 Å². The van der Waals surface area contributed by atoms with Crippen LogP contribution in [0.5, 0.6) is 0 Å². The molecule has 3 rings (SSSR count). The lowest BCUT2D eigenvalue weighted by atomic mass is 9.89.